The zero-order valence-corrected chi connectivity index (χ0v) is 52.1. The van der Waals surface area contributed by atoms with E-state index < -0.39 is 6.10 Å². The minimum Gasteiger partial charge on any atom is -0.462 e. The zero-order chi connectivity index (χ0) is 57.1. The van der Waals surface area contributed by atoms with Crippen LogP contribution in [0.4, 0.5) is 0 Å². The van der Waals surface area contributed by atoms with Gasteiger partial charge in [-0.15, -0.1) is 0 Å². The van der Waals surface area contributed by atoms with E-state index in [1.165, 1.54) is 180 Å². The first-order valence-electron chi connectivity index (χ1n) is 33.7. The predicted octanol–water partition coefficient (Wildman–Crippen LogP) is 23.2. The van der Waals surface area contributed by atoms with Crippen molar-refractivity contribution < 1.29 is 28.6 Å². The average Bonchev–Trinajstić information content (AvgIpc) is 3.45. The Hall–Kier alpha value is -3.67. The molecule has 0 radical (unpaired) electrons. The monoisotopic (exact) mass is 1100 g/mol. The number of allylic oxidation sites excluding steroid dienone is 16. The van der Waals surface area contributed by atoms with Crippen molar-refractivity contribution in [3.05, 3.63) is 97.2 Å². The Balaban J connectivity index is 4.27. The number of hydrogen-bond donors (Lipinski definition) is 0. The second kappa shape index (κ2) is 66.8. The van der Waals surface area contributed by atoms with Gasteiger partial charge in [0.15, 0.2) is 6.10 Å². The lowest BCUT2D eigenvalue weighted by atomic mass is 10.0. The van der Waals surface area contributed by atoms with Gasteiger partial charge in [-0.1, -0.05) is 304 Å². The van der Waals surface area contributed by atoms with Gasteiger partial charge in [0.25, 0.3) is 0 Å². The largest absolute Gasteiger partial charge is 0.462 e. The lowest BCUT2D eigenvalue weighted by Crippen LogP contribution is -2.30. The third-order valence-corrected chi connectivity index (χ3v) is 14.6. The van der Waals surface area contributed by atoms with Crippen LogP contribution in [0.2, 0.25) is 0 Å². The summed E-state index contributed by atoms with van der Waals surface area (Å²) in [7, 11) is 0. The van der Waals surface area contributed by atoms with Crippen LogP contribution in [0.15, 0.2) is 97.2 Å². The number of ether oxygens (including phenoxy) is 3. The molecule has 0 aliphatic rings. The van der Waals surface area contributed by atoms with E-state index in [9.17, 15) is 14.4 Å². The van der Waals surface area contributed by atoms with Crippen molar-refractivity contribution in [2.45, 2.75) is 335 Å². The van der Waals surface area contributed by atoms with Gasteiger partial charge in [0.05, 0.1) is 0 Å². The van der Waals surface area contributed by atoms with Gasteiger partial charge in [0.1, 0.15) is 13.2 Å². The SMILES string of the molecule is CC/C=C\C/C=C\C/C=C\C/C=C\C/C=C\CCCCCCCCCC(=O)OC(COC(=O)CCCCCCCCCCCCC)COC(=O)CCCCCCCCCCCCCC/C=C\C/C=C\C/C=C\CCCCCCC. The molecule has 0 aliphatic carbocycles. The lowest BCUT2D eigenvalue weighted by Gasteiger charge is -2.18. The summed E-state index contributed by atoms with van der Waals surface area (Å²) in [4.78, 5) is 38.3. The summed E-state index contributed by atoms with van der Waals surface area (Å²) >= 11 is 0. The molecule has 0 fully saturated rings. The van der Waals surface area contributed by atoms with E-state index in [2.05, 4.69) is 118 Å². The molecule has 0 aromatic heterocycles. The number of carbonyl (C=O) groups is 3. The Labute approximate surface area is 489 Å². The summed E-state index contributed by atoms with van der Waals surface area (Å²) in [6.07, 6.45) is 89.9. The number of carbonyl (C=O) groups excluding carboxylic acids is 3. The maximum absolute atomic E-state index is 12.9. The van der Waals surface area contributed by atoms with Gasteiger partial charge >= 0.3 is 17.9 Å². The molecule has 1 atom stereocenters. The molecule has 0 bridgehead atoms. The third-order valence-electron chi connectivity index (χ3n) is 14.6. The first kappa shape index (κ1) is 75.3. The first-order chi connectivity index (χ1) is 39.0. The maximum atomic E-state index is 12.9. The lowest BCUT2D eigenvalue weighted by molar-refractivity contribution is -0.167. The molecule has 0 aromatic rings. The number of rotatable bonds is 61. The molecule has 0 N–H and O–H groups in total. The van der Waals surface area contributed by atoms with E-state index in [-0.39, 0.29) is 31.1 Å². The molecule has 79 heavy (non-hydrogen) atoms. The highest BCUT2D eigenvalue weighted by Gasteiger charge is 2.19. The number of hydrogen-bond acceptors (Lipinski definition) is 6. The van der Waals surface area contributed by atoms with Crippen LogP contribution in [0.25, 0.3) is 0 Å². The smallest absolute Gasteiger partial charge is 0.306 e. The normalized spacial score (nSPS) is 12.7. The van der Waals surface area contributed by atoms with Gasteiger partial charge in [0, 0.05) is 19.3 Å². The van der Waals surface area contributed by atoms with Crippen molar-refractivity contribution in [3.63, 3.8) is 0 Å². The standard InChI is InChI=1S/C73H126O6/c1-4-7-10-13-16-19-22-24-26-28-30-32-34-35-36-37-39-40-42-44-46-48-51-54-57-60-63-66-72(75)78-69-70(68-77-71(74)65-62-59-56-53-50-21-18-15-12-9-6-3)79-73(76)67-64-61-58-55-52-49-47-45-43-41-38-33-31-29-27-25-23-20-17-14-11-8-5-2/h8,11,17,20,22,24-25,27-28,30-31,33-35,41,43,70H,4-7,9-10,12-16,18-19,21,23,26,29,32,36-40,42,44-69H2,1-3H3/b11-8-,20-17-,24-22-,27-25-,30-28-,33-31-,35-34-,43-41-. The van der Waals surface area contributed by atoms with Crippen LogP contribution in [0.5, 0.6) is 0 Å². The van der Waals surface area contributed by atoms with Gasteiger partial charge in [-0.3, -0.25) is 14.4 Å². The fraction of sp³-hybridized carbons (Fsp3) is 0.740. The van der Waals surface area contributed by atoms with Gasteiger partial charge in [-0.25, -0.2) is 0 Å². The highest BCUT2D eigenvalue weighted by Crippen LogP contribution is 2.17. The van der Waals surface area contributed by atoms with Gasteiger partial charge in [-0.2, -0.15) is 0 Å². The Morgan fingerprint density at radius 3 is 0.772 bits per heavy atom. The summed E-state index contributed by atoms with van der Waals surface area (Å²) < 4.78 is 16.9. The molecule has 0 amide bonds. The molecule has 6 nitrogen and oxygen atoms in total. The summed E-state index contributed by atoms with van der Waals surface area (Å²) in [5.41, 5.74) is 0. The van der Waals surface area contributed by atoms with Crippen molar-refractivity contribution in [1.29, 1.82) is 0 Å². The van der Waals surface area contributed by atoms with Crippen molar-refractivity contribution >= 4 is 17.9 Å². The Morgan fingerprint density at radius 1 is 0.266 bits per heavy atom. The molecular weight excluding hydrogens is 973 g/mol. The second-order valence-electron chi connectivity index (χ2n) is 22.4. The second-order valence-corrected chi connectivity index (χ2v) is 22.4. The Kier molecular flexibility index (Phi) is 63.7. The molecule has 0 saturated heterocycles. The van der Waals surface area contributed by atoms with Crippen LogP contribution in [-0.2, 0) is 28.6 Å². The fourth-order valence-electron chi connectivity index (χ4n) is 9.54. The molecule has 454 valence electrons. The van der Waals surface area contributed by atoms with E-state index in [1.807, 2.05) is 0 Å². The molecule has 0 spiro atoms. The van der Waals surface area contributed by atoms with Crippen molar-refractivity contribution in [1.82, 2.24) is 0 Å². The van der Waals surface area contributed by atoms with Crippen LogP contribution in [0.1, 0.15) is 329 Å². The molecule has 0 aliphatic heterocycles. The van der Waals surface area contributed by atoms with Gasteiger partial charge < -0.3 is 14.2 Å². The summed E-state index contributed by atoms with van der Waals surface area (Å²) in [6, 6.07) is 0. The van der Waals surface area contributed by atoms with Crippen molar-refractivity contribution in [2.24, 2.45) is 0 Å². The van der Waals surface area contributed by atoms with Crippen LogP contribution in [0, 0.1) is 0 Å². The predicted molar refractivity (Wildman–Crippen MR) is 344 cm³/mol. The summed E-state index contributed by atoms with van der Waals surface area (Å²) in [5.74, 6) is -0.881. The molecule has 0 heterocycles. The van der Waals surface area contributed by atoms with Crippen LogP contribution < -0.4 is 0 Å². The van der Waals surface area contributed by atoms with Crippen molar-refractivity contribution in [2.75, 3.05) is 13.2 Å². The highest BCUT2D eigenvalue weighted by atomic mass is 16.6. The minimum atomic E-state index is -0.784. The van der Waals surface area contributed by atoms with Crippen LogP contribution >= 0.6 is 0 Å². The third kappa shape index (κ3) is 65.0. The minimum absolute atomic E-state index is 0.0800. The molecule has 0 saturated carbocycles. The Bertz CT molecular complexity index is 1540. The van der Waals surface area contributed by atoms with E-state index in [0.717, 1.165) is 109 Å². The summed E-state index contributed by atoms with van der Waals surface area (Å²) in [6.45, 7) is 6.53. The number of esters is 3. The van der Waals surface area contributed by atoms with Crippen LogP contribution in [-0.4, -0.2) is 37.2 Å². The number of unbranched alkanes of at least 4 members (excludes halogenated alkanes) is 34. The Morgan fingerprint density at radius 2 is 0.494 bits per heavy atom. The highest BCUT2D eigenvalue weighted by molar-refractivity contribution is 5.71. The average molecular weight is 1100 g/mol. The van der Waals surface area contributed by atoms with E-state index in [4.69, 9.17) is 14.2 Å². The zero-order valence-electron chi connectivity index (χ0n) is 52.1. The molecule has 6 heteroatoms. The maximum Gasteiger partial charge on any atom is 0.306 e. The first-order valence-corrected chi connectivity index (χ1v) is 33.7. The van der Waals surface area contributed by atoms with Crippen molar-refractivity contribution in [3.8, 4) is 0 Å². The molecule has 0 aromatic carbocycles. The molecular formula is C73H126O6. The topological polar surface area (TPSA) is 78.9 Å². The fourth-order valence-corrected chi connectivity index (χ4v) is 9.54. The molecule has 1 unspecified atom stereocenters. The van der Waals surface area contributed by atoms with E-state index in [0.29, 0.717) is 19.3 Å². The van der Waals surface area contributed by atoms with E-state index in [1.54, 1.807) is 0 Å². The van der Waals surface area contributed by atoms with Gasteiger partial charge in [-0.05, 0) is 103 Å². The van der Waals surface area contributed by atoms with Gasteiger partial charge in [0.2, 0.25) is 0 Å². The quantitative estimate of drug-likeness (QED) is 0.0261. The summed E-state index contributed by atoms with van der Waals surface area (Å²) in [5, 5.41) is 0. The van der Waals surface area contributed by atoms with Crippen LogP contribution in [0.3, 0.4) is 0 Å². The molecule has 0 rings (SSSR count). The van der Waals surface area contributed by atoms with E-state index >= 15 is 0 Å².